The van der Waals surface area contributed by atoms with Crippen molar-refractivity contribution in [1.82, 2.24) is 9.80 Å². The molecule has 0 amide bonds. The number of hydrogen-bond acceptors (Lipinski definition) is 8. The van der Waals surface area contributed by atoms with Gasteiger partial charge in [-0.25, -0.2) is 0 Å². The Morgan fingerprint density at radius 2 is 1.12 bits per heavy atom. The summed E-state index contributed by atoms with van der Waals surface area (Å²) in [6.45, 7) is 11.7. The number of hydrogen-bond donors (Lipinski definition) is 0. The molecule has 2 rings (SSSR count). The van der Waals surface area contributed by atoms with Crippen LogP contribution in [-0.2, 0) is 28.4 Å². The fourth-order valence-electron chi connectivity index (χ4n) is 2.96. The van der Waals surface area contributed by atoms with Crippen molar-refractivity contribution in [3.8, 4) is 0 Å². The van der Waals surface area contributed by atoms with Gasteiger partial charge in [0.1, 0.15) is 6.10 Å². The zero-order chi connectivity index (χ0) is 18.3. The molecule has 8 heteroatoms. The van der Waals surface area contributed by atoms with Gasteiger partial charge in [0.25, 0.3) is 0 Å². The SMILES string of the molecule is COCC1COCCN2CCOCCOCCN(CCOCC2)CCO1. The van der Waals surface area contributed by atoms with E-state index in [-0.39, 0.29) is 6.10 Å². The number of methoxy groups -OCH3 is 1. The van der Waals surface area contributed by atoms with Gasteiger partial charge in [0.15, 0.2) is 0 Å². The van der Waals surface area contributed by atoms with E-state index in [1.807, 2.05) is 0 Å². The second-order valence-electron chi connectivity index (χ2n) is 6.54. The summed E-state index contributed by atoms with van der Waals surface area (Å²) >= 11 is 0. The molecule has 0 N–H and O–H groups in total. The first-order chi connectivity index (χ1) is 12.9. The van der Waals surface area contributed by atoms with Crippen LogP contribution >= 0.6 is 0 Å². The van der Waals surface area contributed by atoms with E-state index in [4.69, 9.17) is 28.4 Å². The fourth-order valence-corrected chi connectivity index (χ4v) is 2.96. The van der Waals surface area contributed by atoms with Crippen molar-refractivity contribution in [2.45, 2.75) is 6.10 Å². The van der Waals surface area contributed by atoms with Crippen LogP contribution in [0, 0.1) is 0 Å². The summed E-state index contributed by atoms with van der Waals surface area (Å²) in [6.07, 6.45) is -0.0323. The molecule has 2 aliphatic rings. The van der Waals surface area contributed by atoms with E-state index >= 15 is 0 Å². The summed E-state index contributed by atoms with van der Waals surface area (Å²) < 4.78 is 34.3. The van der Waals surface area contributed by atoms with E-state index in [1.54, 1.807) is 7.11 Å². The molecule has 2 heterocycles. The lowest BCUT2D eigenvalue weighted by atomic mass is 10.4. The molecule has 0 aromatic rings. The van der Waals surface area contributed by atoms with Crippen molar-refractivity contribution in [3.63, 3.8) is 0 Å². The van der Waals surface area contributed by atoms with E-state index < -0.39 is 0 Å². The third-order valence-electron chi connectivity index (χ3n) is 4.55. The Hall–Kier alpha value is -0.320. The molecule has 2 aliphatic heterocycles. The highest BCUT2D eigenvalue weighted by atomic mass is 16.6. The average molecular weight is 376 g/mol. The van der Waals surface area contributed by atoms with Crippen molar-refractivity contribution in [2.24, 2.45) is 0 Å². The lowest BCUT2D eigenvalue weighted by Gasteiger charge is -2.24. The summed E-state index contributed by atoms with van der Waals surface area (Å²) in [5.74, 6) is 0. The Bertz CT molecular complexity index is 337. The van der Waals surface area contributed by atoms with Crippen LogP contribution in [0.15, 0.2) is 0 Å². The zero-order valence-corrected chi connectivity index (χ0v) is 16.2. The van der Waals surface area contributed by atoms with Crippen LogP contribution in [0.1, 0.15) is 0 Å². The lowest BCUT2D eigenvalue weighted by Crippen LogP contribution is -2.36. The van der Waals surface area contributed by atoms with E-state index in [0.717, 1.165) is 52.5 Å². The zero-order valence-electron chi connectivity index (χ0n) is 16.2. The molecule has 26 heavy (non-hydrogen) atoms. The summed E-state index contributed by atoms with van der Waals surface area (Å²) in [7, 11) is 1.69. The average Bonchev–Trinajstić information content (AvgIpc) is 2.65. The minimum Gasteiger partial charge on any atom is -0.382 e. The standard InChI is InChI=1S/C18H36N2O6/c1-21-16-18-17-25-12-6-19-2-8-22-9-3-20(7-13-26-18)5-11-24-15-14-23-10-4-19/h18H,2-17H2,1H3. The first-order valence-electron chi connectivity index (χ1n) is 9.74. The van der Waals surface area contributed by atoms with E-state index in [2.05, 4.69) is 9.80 Å². The summed E-state index contributed by atoms with van der Waals surface area (Å²) in [6, 6.07) is 0. The number of ether oxygens (including phenoxy) is 6. The van der Waals surface area contributed by atoms with Crippen LogP contribution in [-0.4, -0.2) is 128 Å². The first kappa shape index (κ1) is 22.0. The van der Waals surface area contributed by atoms with Gasteiger partial charge in [-0.05, 0) is 0 Å². The minimum absolute atomic E-state index is 0.0323. The molecule has 154 valence electrons. The Kier molecular flexibility index (Phi) is 12.4. The maximum atomic E-state index is 5.97. The maximum Gasteiger partial charge on any atom is 0.104 e. The number of rotatable bonds is 2. The molecule has 0 aromatic heterocycles. The van der Waals surface area contributed by atoms with E-state index in [9.17, 15) is 0 Å². The quantitative estimate of drug-likeness (QED) is 0.610. The summed E-state index contributed by atoms with van der Waals surface area (Å²) in [4.78, 5) is 4.65. The van der Waals surface area contributed by atoms with Gasteiger partial charge in [-0.15, -0.1) is 0 Å². The Morgan fingerprint density at radius 1 is 0.654 bits per heavy atom. The van der Waals surface area contributed by atoms with Crippen molar-refractivity contribution >= 4 is 0 Å². The third-order valence-corrected chi connectivity index (χ3v) is 4.55. The van der Waals surface area contributed by atoms with Crippen LogP contribution in [0.5, 0.6) is 0 Å². The Balaban J connectivity index is 1.94. The third kappa shape index (κ3) is 10.1. The first-order valence-corrected chi connectivity index (χ1v) is 9.74. The maximum absolute atomic E-state index is 5.97. The summed E-state index contributed by atoms with van der Waals surface area (Å²) in [5.41, 5.74) is 0. The Morgan fingerprint density at radius 3 is 1.65 bits per heavy atom. The minimum atomic E-state index is -0.0323. The topological polar surface area (TPSA) is 61.9 Å². The predicted octanol–water partition coefficient (Wildman–Crippen LogP) is -0.284. The second kappa shape index (κ2) is 14.7. The smallest absolute Gasteiger partial charge is 0.104 e. The van der Waals surface area contributed by atoms with Crippen LogP contribution in [0.25, 0.3) is 0 Å². The van der Waals surface area contributed by atoms with Gasteiger partial charge in [-0.1, -0.05) is 0 Å². The molecule has 0 aromatic carbocycles. The highest BCUT2D eigenvalue weighted by Gasteiger charge is 2.13. The summed E-state index contributed by atoms with van der Waals surface area (Å²) in [5, 5.41) is 0. The Labute approximate surface area is 157 Å². The highest BCUT2D eigenvalue weighted by molar-refractivity contribution is 4.63. The molecular weight excluding hydrogens is 340 g/mol. The van der Waals surface area contributed by atoms with Crippen LogP contribution < -0.4 is 0 Å². The number of fused-ring (bicyclic) bond motifs is 6. The van der Waals surface area contributed by atoms with Gasteiger partial charge in [0.2, 0.25) is 0 Å². The molecule has 0 saturated carbocycles. The fraction of sp³-hybridized carbons (Fsp3) is 1.00. The van der Waals surface area contributed by atoms with Crippen molar-refractivity contribution < 1.29 is 28.4 Å². The van der Waals surface area contributed by atoms with E-state index in [1.165, 1.54) is 0 Å². The van der Waals surface area contributed by atoms with Gasteiger partial charge >= 0.3 is 0 Å². The monoisotopic (exact) mass is 376 g/mol. The molecular formula is C18H36N2O6. The molecule has 8 nitrogen and oxygen atoms in total. The number of nitrogens with zero attached hydrogens (tertiary/aromatic N) is 2. The molecule has 2 saturated heterocycles. The van der Waals surface area contributed by atoms with E-state index in [0.29, 0.717) is 52.9 Å². The van der Waals surface area contributed by atoms with Gasteiger partial charge in [-0.2, -0.15) is 0 Å². The largest absolute Gasteiger partial charge is 0.382 e. The molecule has 0 spiro atoms. The highest BCUT2D eigenvalue weighted by Crippen LogP contribution is 2.00. The van der Waals surface area contributed by atoms with Crippen LogP contribution in [0.3, 0.4) is 0 Å². The van der Waals surface area contributed by atoms with Crippen molar-refractivity contribution in [1.29, 1.82) is 0 Å². The predicted molar refractivity (Wildman–Crippen MR) is 97.8 cm³/mol. The van der Waals surface area contributed by atoms with Crippen LogP contribution in [0.2, 0.25) is 0 Å². The lowest BCUT2D eigenvalue weighted by molar-refractivity contribution is -0.0596. The van der Waals surface area contributed by atoms with Gasteiger partial charge in [0.05, 0.1) is 66.1 Å². The molecule has 3 unspecified atom stereocenters. The van der Waals surface area contributed by atoms with Crippen molar-refractivity contribution in [2.75, 3.05) is 112 Å². The van der Waals surface area contributed by atoms with Gasteiger partial charge in [0, 0.05) is 46.4 Å². The van der Waals surface area contributed by atoms with Gasteiger partial charge < -0.3 is 28.4 Å². The molecule has 2 fully saturated rings. The molecule has 0 radical (unpaired) electrons. The molecule has 2 bridgehead atoms. The van der Waals surface area contributed by atoms with Crippen LogP contribution in [0.4, 0.5) is 0 Å². The molecule has 0 aliphatic carbocycles. The van der Waals surface area contributed by atoms with Crippen molar-refractivity contribution in [3.05, 3.63) is 0 Å². The second-order valence-corrected chi connectivity index (χ2v) is 6.54. The molecule has 3 atom stereocenters. The van der Waals surface area contributed by atoms with Gasteiger partial charge in [-0.3, -0.25) is 9.80 Å². The normalized spacial score (nSPS) is 32.0.